The number of allylic oxidation sites excluding steroid dienone is 2. The van der Waals surface area contributed by atoms with Crippen LogP contribution in [0.1, 0.15) is 52.3 Å². The lowest BCUT2D eigenvalue weighted by Gasteiger charge is -2.24. The predicted molar refractivity (Wildman–Crippen MR) is 180 cm³/mol. The van der Waals surface area contributed by atoms with Crippen molar-refractivity contribution >= 4 is 53.6 Å². The fraction of sp³-hybridized carbons (Fsp3) is 0.500. The Morgan fingerprint density at radius 3 is 2.43 bits per heavy atom. The molecule has 8 nitrogen and oxygen atoms in total. The van der Waals surface area contributed by atoms with E-state index in [-0.39, 0.29) is 29.8 Å². The van der Waals surface area contributed by atoms with Crippen molar-refractivity contribution < 1.29 is 18.9 Å². The Balaban J connectivity index is 0.00000431. The van der Waals surface area contributed by atoms with E-state index in [1.54, 1.807) is 32.9 Å². The Morgan fingerprint density at radius 2 is 1.93 bits per heavy atom. The Morgan fingerprint density at radius 1 is 1.26 bits per heavy atom. The number of nitro groups is 1. The van der Waals surface area contributed by atoms with E-state index in [0.29, 0.717) is 45.8 Å². The van der Waals surface area contributed by atoms with E-state index < -0.39 is 5.25 Å². The van der Waals surface area contributed by atoms with Crippen molar-refractivity contribution in [2.45, 2.75) is 59.6 Å². The first kappa shape index (κ1) is 37.9. The number of aliphatic hydroxyl groups is 1. The molecule has 0 fully saturated rings. The predicted octanol–water partition coefficient (Wildman–Crippen LogP) is 8.16. The highest BCUT2D eigenvalue weighted by Gasteiger charge is 2.30. The van der Waals surface area contributed by atoms with Crippen molar-refractivity contribution in [3.05, 3.63) is 79.5 Å². The Bertz CT molecular complexity index is 1140. The van der Waals surface area contributed by atoms with Gasteiger partial charge in [-0.2, -0.15) is 12.6 Å². The molecule has 0 saturated carbocycles. The third-order valence-corrected chi connectivity index (χ3v) is 7.53. The minimum atomic E-state index is -0.513. The van der Waals surface area contributed by atoms with Gasteiger partial charge in [-0.1, -0.05) is 46.2 Å². The second-order valence-corrected chi connectivity index (χ2v) is 11.2. The van der Waals surface area contributed by atoms with Crippen LogP contribution >= 0.6 is 47.9 Å². The Hall–Kier alpha value is -2.11. The van der Waals surface area contributed by atoms with Crippen LogP contribution in [0, 0.1) is 23.0 Å². The molecular weight excluding hydrogens is 617 g/mol. The molecule has 1 N–H and O–H groups in total. The first-order chi connectivity index (χ1) is 20.2. The van der Waals surface area contributed by atoms with Crippen molar-refractivity contribution in [3.63, 3.8) is 0 Å². The quantitative estimate of drug-likeness (QED) is 0.0438. The van der Waals surface area contributed by atoms with Crippen LogP contribution in [0.5, 0.6) is 11.6 Å². The van der Waals surface area contributed by atoms with Crippen molar-refractivity contribution in [2.75, 3.05) is 37.1 Å². The highest BCUT2D eigenvalue weighted by molar-refractivity contribution is 7.95. The Kier molecular flexibility index (Phi) is 18.7. The minimum absolute atomic E-state index is 0.0719. The first-order valence-corrected chi connectivity index (χ1v) is 16.2. The van der Waals surface area contributed by atoms with Gasteiger partial charge in [0.25, 0.3) is 5.70 Å². The van der Waals surface area contributed by atoms with Crippen molar-refractivity contribution in [1.29, 1.82) is 0 Å². The normalized spacial score (nSPS) is 12.5. The number of aromatic nitrogens is 1. The van der Waals surface area contributed by atoms with E-state index >= 15 is 0 Å². The van der Waals surface area contributed by atoms with Gasteiger partial charge < -0.3 is 18.9 Å². The lowest BCUT2D eigenvalue weighted by atomic mass is 9.97. The monoisotopic (exact) mass is 659 g/mol. The summed E-state index contributed by atoms with van der Waals surface area (Å²) < 4.78 is 11.5. The van der Waals surface area contributed by atoms with Gasteiger partial charge in [0.1, 0.15) is 12.4 Å². The molecular formula is C30H43Cl2N3O5S2. The zero-order valence-electron chi connectivity index (χ0n) is 25.2. The maximum atomic E-state index is 12.1. The number of hydrogen-bond donors (Lipinski definition) is 2. The maximum Gasteiger partial charge on any atom is 0.253 e. The number of pyridine rings is 1. The summed E-state index contributed by atoms with van der Waals surface area (Å²) in [6.07, 6.45) is 2.94. The molecule has 12 heteroatoms. The number of hydrogen-bond acceptors (Lipinski definition) is 9. The van der Waals surface area contributed by atoms with Gasteiger partial charge >= 0.3 is 0 Å². The van der Waals surface area contributed by atoms with Crippen LogP contribution in [0.15, 0.2) is 53.1 Å². The summed E-state index contributed by atoms with van der Waals surface area (Å²) in [6, 6.07) is 9.28. The van der Waals surface area contributed by atoms with Crippen LogP contribution in [0.2, 0.25) is 5.02 Å². The molecule has 0 aliphatic rings. The molecule has 0 amide bonds. The van der Waals surface area contributed by atoms with Gasteiger partial charge in [0, 0.05) is 47.9 Å². The number of rotatable bonds is 17. The fourth-order valence-corrected chi connectivity index (χ4v) is 5.69. The summed E-state index contributed by atoms with van der Waals surface area (Å²) in [6.45, 7) is 13.1. The summed E-state index contributed by atoms with van der Waals surface area (Å²) in [5, 5.41) is 22.6. The number of halogens is 2. The lowest BCUT2D eigenvalue weighted by Crippen LogP contribution is -2.26. The second-order valence-electron chi connectivity index (χ2n) is 9.19. The minimum Gasteiger partial charge on any atom is -0.475 e. The highest BCUT2D eigenvalue weighted by Crippen LogP contribution is 2.35. The lowest BCUT2D eigenvalue weighted by molar-refractivity contribution is -0.433. The smallest absolute Gasteiger partial charge is 0.253 e. The molecule has 2 aromatic rings. The number of alkyl halides is 1. The van der Waals surface area contributed by atoms with E-state index in [1.165, 1.54) is 5.41 Å². The molecule has 0 aliphatic carbocycles. The average Bonchev–Trinajstić information content (AvgIpc) is 2.96. The SMILES string of the molecule is CC.CCCN(CCCl)c1ccc(OSC(Cc2c(Cl)cc(OCCO)nc2C)C(/C=C\S)=C(/C(C)C)[N+](=O)[O-])cc1. The summed E-state index contributed by atoms with van der Waals surface area (Å²) in [4.78, 5) is 18.4. The van der Waals surface area contributed by atoms with Gasteiger partial charge in [0.05, 0.1) is 33.8 Å². The van der Waals surface area contributed by atoms with E-state index in [1.807, 2.05) is 38.1 Å². The molecule has 1 atom stereocenters. The van der Waals surface area contributed by atoms with Crippen LogP contribution in [0.4, 0.5) is 5.69 Å². The summed E-state index contributed by atoms with van der Waals surface area (Å²) in [5.41, 5.74) is 2.92. The molecule has 0 aliphatic heterocycles. The molecule has 1 aromatic heterocycles. The first-order valence-electron chi connectivity index (χ1n) is 14.0. The molecule has 0 radical (unpaired) electrons. The number of ether oxygens (including phenoxy) is 1. The highest BCUT2D eigenvalue weighted by atomic mass is 35.5. The fourth-order valence-electron chi connectivity index (χ4n) is 4.14. The number of aliphatic hydroxyl groups excluding tert-OH is 1. The van der Waals surface area contributed by atoms with Gasteiger partial charge in [0.2, 0.25) is 5.88 Å². The molecule has 0 bridgehead atoms. The van der Waals surface area contributed by atoms with Crippen molar-refractivity contribution in [2.24, 2.45) is 5.92 Å². The van der Waals surface area contributed by atoms with E-state index in [9.17, 15) is 10.1 Å². The topological polar surface area (TPSA) is 98.0 Å². The van der Waals surface area contributed by atoms with E-state index in [0.717, 1.165) is 37.2 Å². The van der Waals surface area contributed by atoms with Crippen LogP contribution < -0.4 is 13.8 Å². The third-order valence-electron chi connectivity index (χ3n) is 5.93. The molecule has 1 unspecified atom stereocenters. The second kappa shape index (κ2) is 20.7. The number of aryl methyl sites for hydroxylation is 1. The molecule has 234 valence electrons. The van der Waals surface area contributed by atoms with Crippen LogP contribution in [-0.4, -0.2) is 52.4 Å². The molecule has 1 aromatic carbocycles. The zero-order chi connectivity index (χ0) is 31.7. The molecule has 0 spiro atoms. The number of benzene rings is 1. The van der Waals surface area contributed by atoms with Crippen molar-refractivity contribution in [3.8, 4) is 11.6 Å². The van der Waals surface area contributed by atoms with E-state index in [4.69, 9.17) is 37.2 Å². The third kappa shape index (κ3) is 11.9. The molecule has 42 heavy (non-hydrogen) atoms. The van der Waals surface area contributed by atoms with Gasteiger partial charge in [0.15, 0.2) is 0 Å². The zero-order valence-corrected chi connectivity index (χ0v) is 28.4. The summed E-state index contributed by atoms with van der Waals surface area (Å²) in [7, 11) is 0. The molecule has 0 saturated heterocycles. The van der Waals surface area contributed by atoms with Crippen LogP contribution in [0.25, 0.3) is 0 Å². The maximum absolute atomic E-state index is 12.1. The standard InChI is InChI=1S/C28H37Cl2N3O5S2.C2H6/c1-5-12-32(13-11-29)21-6-8-22(9-7-21)38-40-26(23(10-16-39)28(19(2)3)33(35)36)17-24-20(4)31-27(18-25(24)30)37-15-14-34;1-2/h6-10,16,18-19,26,34,39H,5,11-15,17H2,1-4H3;1-2H3/b16-10-,28-23-;. The van der Waals surface area contributed by atoms with Gasteiger partial charge in [-0.25, -0.2) is 4.98 Å². The Labute approximate surface area is 270 Å². The van der Waals surface area contributed by atoms with E-state index in [2.05, 4.69) is 29.4 Å². The van der Waals surface area contributed by atoms with Gasteiger partial charge in [-0.3, -0.25) is 10.1 Å². The number of thiol groups is 1. The van der Waals surface area contributed by atoms with Crippen LogP contribution in [0.3, 0.4) is 0 Å². The summed E-state index contributed by atoms with van der Waals surface area (Å²) >= 11 is 18.0. The van der Waals surface area contributed by atoms with Crippen molar-refractivity contribution in [1.82, 2.24) is 4.98 Å². The number of nitrogens with zero attached hydrogens (tertiary/aromatic N) is 3. The molecule has 1 heterocycles. The number of anilines is 1. The molecule has 2 rings (SSSR count). The van der Waals surface area contributed by atoms with Crippen LogP contribution in [-0.2, 0) is 6.42 Å². The summed E-state index contributed by atoms with van der Waals surface area (Å²) in [5.74, 6) is 1.08. The largest absolute Gasteiger partial charge is 0.475 e. The average molecular weight is 661 g/mol. The van der Waals surface area contributed by atoms with Gasteiger partial charge in [-0.15, -0.1) is 11.6 Å². The van der Waals surface area contributed by atoms with Gasteiger partial charge in [-0.05, 0) is 61.1 Å².